The van der Waals surface area contributed by atoms with Crippen molar-refractivity contribution >= 4 is 17.2 Å². The third kappa shape index (κ3) is 3.37. The van der Waals surface area contributed by atoms with Gasteiger partial charge in [-0.2, -0.15) is 0 Å². The number of hydrogen-bond donors (Lipinski definition) is 2. The van der Waals surface area contributed by atoms with Crippen molar-refractivity contribution in [3.8, 4) is 0 Å². The monoisotopic (exact) mass is 281 g/mol. The molecule has 1 aliphatic carbocycles. The Bertz CT molecular complexity index is 465. The molecular formula is C15H23NO2S. The van der Waals surface area contributed by atoms with Gasteiger partial charge in [-0.25, -0.2) is 0 Å². The molecular weight excluding hydrogens is 258 g/mol. The minimum Gasteiger partial charge on any atom is -0.394 e. The van der Waals surface area contributed by atoms with E-state index < -0.39 is 5.54 Å². The Morgan fingerprint density at radius 2 is 2.32 bits per heavy atom. The summed E-state index contributed by atoms with van der Waals surface area (Å²) in [5, 5.41) is 12.1. The summed E-state index contributed by atoms with van der Waals surface area (Å²) in [5.41, 5.74) is 0.795. The smallest absolute Gasteiger partial charge is 0.261 e. The lowest BCUT2D eigenvalue weighted by Gasteiger charge is -2.22. The second-order valence-electron chi connectivity index (χ2n) is 6.07. The molecule has 0 aromatic carbocycles. The van der Waals surface area contributed by atoms with Crippen LogP contribution in [0.2, 0.25) is 0 Å². The summed E-state index contributed by atoms with van der Waals surface area (Å²) in [5.74, 6) is 0.707. The van der Waals surface area contributed by atoms with E-state index >= 15 is 0 Å². The zero-order valence-corrected chi connectivity index (χ0v) is 12.8. The highest BCUT2D eigenvalue weighted by molar-refractivity contribution is 7.14. The van der Waals surface area contributed by atoms with Gasteiger partial charge in [-0.1, -0.05) is 13.3 Å². The van der Waals surface area contributed by atoms with Gasteiger partial charge in [0, 0.05) is 4.88 Å². The number of nitrogens with one attached hydrogen (secondary N) is 1. The fourth-order valence-corrected chi connectivity index (χ4v) is 3.57. The molecule has 2 N–H and O–H groups in total. The predicted molar refractivity (Wildman–Crippen MR) is 78.8 cm³/mol. The Labute approximate surface area is 119 Å². The van der Waals surface area contributed by atoms with Crippen LogP contribution in [-0.4, -0.2) is 23.2 Å². The quantitative estimate of drug-likeness (QED) is 0.891. The minimum atomic E-state index is -0.562. The van der Waals surface area contributed by atoms with Gasteiger partial charge in [0.05, 0.1) is 17.0 Å². The number of thiophene rings is 1. The standard InChI is InChI=1S/C15H23NO2S/c1-4-10-5-6-12-11(7-10)8-13(19-12)14(18)16-15(2,3)9-17/h8,10,17H,4-7,9H2,1-3H3,(H,16,18). The Morgan fingerprint density at radius 3 is 2.95 bits per heavy atom. The van der Waals surface area contributed by atoms with E-state index in [1.54, 1.807) is 11.3 Å². The van der Waals surface area contributed by atoms with Gasteiger partial charge in [-0.3, -0.25) is 4.79 Å². The molecule has 0 saturated carbocycles. The van der Waals surface area contributed by atoms with Gasteiger partial charge in [0.25, 0.3) is 5.91 Å². The van der Waals surface area contributed by atoms with Gasteiger partial charge in [-0.05, 0) is 50.7 Å². The first kappa shape index (κ1) is 14.5. The van der Waals surface area contributed by atoms with Crippen molar-refractivity contribution in [3.05, 3.63) is 21.4 Å². The maximum Gasteiger partial charge on any atom is 0.261 e. The first-order valence-corrected chi connectivity index (χ1v) is 7.81. The number of aliphatic hydroxyl groups is 1. The second kappa shape index (κ2) is 5.63. The molecule has 1 atom stereocenters. The van der Waals surface area contributed by atoms with E-state index in [1.807, 2.05) is 19.9 Å². The fraction of sp³-hybridized carbons (Fsp3) is 0.667. The highest BCUT2D eigenvalue weighted by Crippen LogP contribution is 2.33. The highest BCUT2D eigenvalue weighted by atomic mass is 32.1. The van der Waals surface area contributed by atoms with Crippen molar-refractivity contribution in [2.45, 2.75) is 52.0 Å². The first-order valence-electron chi connectivity index (χ1n) is 7.00. The van der Waals surface area contributed by atoms with Crippen LogP contribution in [-0.2, 0) is 12.8 Å². The van der Waals surface area contributed by atoms with E-state index in [0.29, 0.717) is 0 Å². The largest absolute Gasteiger partial charge is 0.394 e. The summed E-state index contributed by atoms with van der Waals surface area (Å²) in [7, 11) is 0. The third-order valence-electron chi connectivity index (χ3n) is 3.83. The molecule has 0 bridgehead atoms. The van der Waals surface area contributed by atoms with Gasteiger partial charge in [0.15, 0.2) is 0 Å². The summed E-state index contributed by atoms with van der Waals surface area (Å²) < 4.78 is 0. The van der Waals surface area contributed by atoms with Gasteiger partial charge in [-0.15, -0.1) is 11.3 Å². The van der Waals surface area contributed by atoms with Gasteiger partial charge >= 0.3 is 0 Å². The van der Waals surface area contributed by atoms with Crippen LogP contribution >= 0.6 is 11.3 Å². The van der Waals surface area contributed by atoms with E-state index in [2.05, 4.69) is 12.2 Å². The summed E-state index contributed by atoms with van der Waals surface area (Å²) in [4.78, 5) is 14.3. The number of hydrogen-bond acceptors (Lipinski definition) is 3. The number of carbonyl (C=O) groups is 1. The topological polar surface area (TPSA) is 49.3 Å². The lowest BCUT2D eigenvalue weighted by atomic mass is 9.87. The highest BCUT2D eigenvalue weighted by Gasteiger charge is 2.25. The van der Waals surface area contributed by atoms with E-state index in [4.69, 9.17) is 0 Å². The maximum atomic E-state index is 12.2. The number of rotatable bonds is 4. The van der Waals surface area contributed by atoms with Crippen molar-refractivity contribution in [2.75, 3.05) is 6.61 Å². The average Bonchev–Trinajstić information content (AvgIpc) is 2.81. The van der Waals surface area contributed by atoms with Crippen molar-refractivity contribution in [1.29, 1.82) is 0 Å². The lowest BCUT2D eigenvalue weighted by Crippen LogP contribution is -2.46. The van der Waals surface area contributed by atoms with Gasteiger partial charge < -0.3 is 10.4 Å². The molecule has 106 valence electrons. The van der Waals surface area contributed by atoms with Crippen LogP contribution in [0.5, 0.6) is 0 Å². The fourth-order valence-electron chi connectivity index (χ4n) is 2.47. The molecule has 1 unspecified atom stereocenters. The van der Waals surface area contributed by atoms with Crippen LogP contribution in [0, 0.1) is 5.92 Å². The van der Waals surface area contributed by atoms with Gasteiger partial charge in [0.1, 0.15) is 0 Å². The third-order valence-corrected chi connectivity index (χ3v) is 5.07. The van der Waals surface area contributed by atoms with Crippen molar-refractivity contribution in [1.82, 2.24) is 5.32 Å². The normalized spacial score (nSPS) is 19.1. The van der Waals surface area contributed by atoms with E-state index in [9.17, 15) is 9.90 Å². The van der Waals surface area contributed by atoms with Crippen molar-refractivity contribution in [2.24, 2.45) is 5.92 Å². The number of aliphatic hydroxyl groups excluding tert-OH is 1. The molecule has 1 amide bonds. The van der Waals surface area contributed by atoms with Crippen molar-refractivity contribution < 1.29 is 9.90 Å². The molecule has 0 aliphatic heterocycles. The molecule has 1 aliphatic rings. The molecule has 1 heterocycles. The van der Waals surface area contributed by atoms with Crippen LogP contribution in [0.4, 0.5) is 0 Å². The number of aryl methyl sites for hydroxylation is 1. The maximum absolute atomic E-state index is 12.2. The summed E-state index contributed by atoms with van der Waals surface area (Å²) in [6.45, 7) is 5.83. The summed E-state index contributed by atoms with van der Waals surface area (Å²) in [6.07, 6.45) is 4.68. The summed E-state index contributed by atoms with van der Waals surface area (Å²) in [6, 6.07) is 2.05. The molecule has 4 heteroatoms. The zero-order valence-electron chi connectivity index (χ0n) is 12.0. The van der Waals surface area contributed by atoms with E-state index in [0.717, 1.165) is 23.6 Å². The van der Waals surface area contributed by atoms with E-state index in [1.165, 1.54) is 23.3 Å². The molecule has 3 nitrogen and oxygen atoms in total. The van der Waals surface area contributed by atoms with Crippen LogP contribution in [0.25, 0.3) is 0 Å². The second-order valence-corrected chi connectivity index (χ2v) is 7.21. The Balaban J connectivity index is 2.11. The zero-order chi connectivity index (χ0) is 14.0. The molecule has 0 fully saturated rings. The molecule has 0 saturated heterocycles. The predicted octanol–water partition coefficient (Wildman–Crippen LogP) is 2.76. The lowest BCUT2D eigenvalue weighted by molar-refractivity contribution is 0.0873. The Hall–Kier alpha value is -0.870. The Morgan fingerprint density at radius 1 is 1.58 bits per heavy atom. The molecule has 1 aromatic heterocycles. The van der Waals surface area contributed by atoms with Gasteiger partial charge in [0.2, 0.25) is 0 Å². The van der Waals surface area contributed by atoms with Crippen molar-refractivity contribution in [3.63, 3.8) is 0 Å². The minimum absolute atomic E-state index is 0.0538. The molecule has 0 radical (unpaired) electrons. The van der Waals surface area contributed by atoms with E-state index in [-0.39, 0.29) is 12.5 Å². The SMILES string of the molecule is CCC1CCc2sc(C(=O)NC(C)(C)CO)cc2C1. The number of fused-ring (bicyclic) bond motifs is 1. The van der Waals surface area contributed by atoms with Crippen LogP contribution in [0.15, 0.2) is 6.07 Å². The first-order chi connectivity index (χ1) is 8.95. The molecule has 0 spiro atoms. The molecule has 19 heavy (non-hydrogen) atoms. The average molecular weight is 281 g/mol. The Kier molecular flexibility index (Phi) is 4.31. The summed E-state index contributed by atoms with van der Waals surface area (Å²) >= 11 is 1.61. The van der Waals surface area contributed by atoms with Crippen LogP contribution in [0.1, 0.15) is 53.7 Å². The number of carbonyl (C=O) groups excluding carboxylic acids is 1. The van der Waals surface area contributed by atoms with Crippen LogP contribution < -0.4 is 5.32 Å². The van der Waals surface area contributed by atoms with Crippen LogP contribution in [0.3, 0.4) is 0 Å². The number of amides is 1. The molecule has 2 rings (SSSR count). The molecule has 1 aromatic rings.